The third kappa shape index (κ3) is 4.79. The monoisotopic (exact) mass is 268 g/mol. The molecule has 2 aliphatic rings. The zero-order chi connectivity index (χ0) is 13.7. The van der Waals surface area contributed by atoms with Crippen LogP contribution in [0.2, 0.25) is 0 Å². The molecular formula is C16H28O3. The van der Waals surface area contributed by atoms with E-state index in [1.807, 2.05) is 0 Å². The van der Waals surface area contributed by atoms with Crippen LogP contribution in [0.1, 0.15) is 71.1 Å². The molecule has 1 N–H and O–H groups in total. The van der Waals surface area contributed by atoms with Crippen molar-refractivity contribution in [2.75, 3.05) is 0 Å². The highest BCUT2D eigenvalue weighted by Crippen LogP contribution is 2.34. The normalized spacial score (nSPS) is 33.1. The smallest absolute Gasteiger partial charge is 0.302 e. The Hall–Kier alpha value is -0.570. The van der Waals surface area contributed by atoms with E-state index in [2.05, 4.69) is 0 Å². The van der Waals surface area contributed by atoms with Crippen molar-refractivity contribution in [1.29, 1.82) is 0 Å². The Morgan fingerprint density at radius 1 is 1.05 bits per heavy atom. The van der Waals surface area contributed by atoms with Crippen LogP contribution in [0, 0.1) is 11.8 Å². The van der Waals surface area contributed by atoms with Crippen molar-refractivity contribution >= 4 is 5.97 Å². The third-order valence-electron chi connectivity index (χ3n) is 4.89. The predicted octanol–water partition coefficient (Wildman–Crippen LogP) is 3.44. The number of esters is 1. The molecule has 0 aromatic rings. The van der Waals surface area contributed by atoms with Crippen molar-refractivity contribution in [1.82, 2.24) is 0 Å². The van der Waals surface area contributed by atoms with Crippen LogP contribution in [-0.2, 0) is 9.53 Å². The van der Waals surface area contributed by atoms with Crippen molar-refractivity contribution in [2.24, 2.45) is 11.8 Å². The van der Waals surface area contributed by atoms with Crippen molar-refractivity contribution in [3.8, 4) is 0 Å². The van der Waals surface area contributed by atoms with E-state index in [9.17, 15) is 9.90 Å². The average molecular weight is 268 g/mol. The van der Waals surface area contributed by atoms with Gasteiger partial charge in [0.15, 0.2) is 0 Å². The van der Waals surface area contributed by atoms with E-state index < -0.39 is 6.10 Å². The molecule has 19 heavy (non-hydrogen) atoms. The van der Waals surface area contributed by atoms with Crippen LogP contribution >= 0.6 is 0 Å². The summed E-state index contributed by atoms with van der Waals surface area (Å²) in [7, 11) is 0. The summed E-state index contributed by atoms with van der Waals surface area (Å²) < 4.78 is 5.16. The highest BCUT2D eigenvalue weighted by atomic mass is 16.6. The van der Waals surface area contributed by atoms with Gasteiger partial charge in [-0.25, -0.2) is 0 Å². The van der Waals surface area contributed by atoms with Gasteiger partial charge in [-0.15, -0.1) is 0 Å². The Kier molecular flexibility index (Phi) is 5.68. The minimum absolute atomic E-state index is 0.261. The van der Waals surface area contributed by atoms with Crippen molar-refractivity contribution in [3.05, 3.63) is 0 Å². The number of hydrogen-bond donors (Lipinski definition) is 1. The summed E-state index contributed by atoms with van der Waals surface area (Å²) in [5.41, 5.74) is 0. The SMILES string of the molecule is CC(=O)OC1CCC(CCC2CCCCC2)CC1O. The Morgan fingerprint density at radius 3 is 2.37 bits per heavy atom. The van der Waals surface area contributed by atoms with Gasteiger partial charge in [0.05, 0.1) is 6.10 Å². The maximum atomic E-state index is 10.9. The van der Waals surface area contributed by atoms with Gasteiger partial charge in [0.25, 0.3) is 0 Å². The van der Waals surface area contributed by atoms with Crippen LogP contribution < -0.4 is 0 Å². The molecule has 3 heteroatoms. The van der Waals surface area contributed by atoms with Gasteiger partial charge in [0, 0.05) is 6.92 Å². The molecule has 0 bridgehead atoms. The van der Waals surface area contributed by atoms with E-state index in [0.717, 1.165) is 25.2 Å². The van der Waals surface area contributed by atoms with Crippen LogP contribution in [0.3, 0.4) is 0 Å². The van der Waals surface area contributed by atoms with Gasteiger partial charge in [-0.2, -0.15) is 0 Å². The largest absolute Gasteiger partial charge is 0.460 e. The molecule has 2 saturated carbocycles. The lowest BCUT2D eigenvalue weighted by atomic mass is 9.78. The van der Waals surface area contributed by atoms with Gasteiger partial charge < -0.3 is 9.84 Å². The Morgan fingerprint density at radius 2 is 1.74 bits per heavy atom. The van der Waals surface area contributed by atoms with E-state index in [0.29, 0.717) is 5.92 Å². The Balaban J connectivity index is 1.67. The molecule has 3 atom stereocenters. The highest BCUT2D eigenvalue weighted by Gasteiger charge is 2.31. The van der Waals surface area contributed by atoms with Gasteiger partial charge in [-0.1, -0.05) is 44.9 Å². The Labute approximate surface area is 116 Å². The number of ether oxygens (including phenoxy) is 1. The van der Waals surface area contributed by atoms with E-state index >= 15 is 0 Å². The zero-order valence-electron chi connectivity index (χ0n) is 12.1. The van der Waals surface area contributed by atoms with Crippen LogP contribution in [0.25, 0.3) is 0 Å². The predicted molar refractivity (Wildman–Crippen MR) is 74.7 cm³/mol. The molecule has 3 nitrogen and oxygen atoms in total. The first-order chi connectivity index (χ1) is 9.15. The van der Waals surface area contributed by atoms with Gasteiger partial charge in [0.2, 0.25) is 0 Å². The van der Waals surface area contributed by atoms with Crippen LogP contribution in [0.4, 0.5) is 0 Å². The van der Waals surface area contributed by atoms with Crippen molar-refractivity contribution < 1.29 is 14.6 Å². The van der Waals surface area contributed by atoms with Gasteiger partial charge in [0.1, 0.15) is 6.10 Å². The summed E-state index contributed by atoms with van der Waals surface area (Å²) in [5, 5.41) is 10.0. The van der Waals surface area contributed by atoms with E-state index in [-0.39, 0.29) is 12.1 Å². The molecule has 0 aliphatic heterocycles. The summed E-state index contributed by atoms with van der Waals surface area (Å²) in [6, 6.07) is 0. The first kappa shape index (κ1) is 14.8. The summed E-state index contributed by atoms with van der Waals surface area (Å²) in [5.74, 6) is 1.28. The molecule has 0 heterocycles. The van der Waals surface area contributed by atoms with E-state index in [4.69, 9.17) is 4.74 Å². The first-order valence-corrected chi connectivity index (χ1v) is 8.00. The molecule has 0 saturated heterocycles. The molecular weight excluding hydrogens is 240 g/mol. The number of rotatable bonds is 4. The van der Waals surface area contributed by atoms with Gasteiger partial charge in [-0.05, 0) is 31.1 Å². The fourth-order valence-electron chi connectivity index (χ4n) is 3.76. The molecule has 0 amide bonds. The minimum atomic E-state index is -0.450. The molecule has 0 aromatic carbocycles. The molecule has 0 spiro atoms. The number of aliphatic hydroxyl groups excluding tert-OH is 1. The number of carbonyl (C=O) groups excluding carboxylic acids is 1. The summed E-state index contributed by atoms with van der Waals surface area (Å²) in [6.07, 6.45) is 11.7. The van der Waals surface area contributed by atoms with Crippen LogP contribution in [-0.4, -0.2) is 23.3 Å². The summed E-state index contributed by atoms with van der Waals surface area (Å²) in [4.78, 5) is 10.9. The lowest BCUT2D eigenvalue weighted by Gasteiger charge is -2.33. The quantitative estimate of drug-likeness (QED) is 0.794. The molecule has 2 fully saturated rings. The minimum Gasteiger partial charge on any atom is -0.460 e. The summed E-state index contributed by atoms with van der Waals surface area (Å²) >= 11 is 0. The second-order valence-corrected chi connectivity index (χ2v) is 6.48. The second kappa shape index (κ2) is 7.28. The Bertz CT molecular complexity index is 284. The second-order valence-electron chi connectivity index (χ2n) is 6.48. The topological polar surface area (TPSA) is 46.5 Å². The standard InChI is InChI=1S/C16H28O3/c1-12(17)19-16-10-9-14(11-15(16)18)8-7-13-5-3-2-4-6-13/h13-16,18H,2-11H2,1H3. The van der Waals surface area contributed by atoms with E-state index in [1.54, 1.807) is 0 Å². The third-order valence-corrected chi connectivity index (χ3v) is 4.89. The molecule has 2 aliphatic carbocycles. The maximum absolute atomic E-state index is 10.9. The van der Waals surface area contributed by atoms with Crippen LogP contribution in [0.5, 0.6) is 0 Å². The molecule has 3 unspecified atom stereocenters. The van der Waals surface area contributed by atoms with Crippen molar-refractivity contribution in [2.45, 2.75) is 83.3 Å². The number of hydrogen-bond acceptors (Lipinski definition) is 3. The van der Waals surface area contributed by atoms with Gasteiger partial charge >= 0.3 is 5.97 Å². The number of carbonyl (C=O) groups is 1. The van der Waals surface area contributed by atoms with Crippen LogP contribution in [0.15, 0.2) is 0 Å². The fourth-order valence-corrected chi connectivity index (χ4v) is 3.76. The molecule has 0 aromatic heterocycles. The summed E-state index contributed by atoms with van der Waals surface area (Å²) in [6.45, 7) is 1.42. The lowest BCUT2D eigenvalue weighted by Crippen LogP contribution is -2.37. The average Bonchev–Trinajstić information content (AvgIpc) is 2.40. The molecule has 0 radical (unpaired) electrons. The molecule has 110 valence electrons. The fraction of sp³-hybridized carbons (Fsp3) is 0.938. The lowest BCUT2D eigenvalue weighted by molar-refractivity contribution is -0.156. The zero-order valence-corrected chi connectivity index (χ0v) is 12.1. The van der Waals surface area contributed by atoms with Crippen molar-refractivity contribution in [3.63, 3.8) is 0 Å². The highest BCUT2D eigenvalue weighted by molar-refractivity contribution is 5.66. The van der Waals surface area contributed by atoms with E-state index in [1.165, 1.54) is 51.9 Å². The number of aliphatic hydroxyl groups is 1. The molecule has 2 rings (SSSR count). The first-order valence-electron chi connectivity index (χ1n) is 8.00. The maximum Gasteiger partial charge on any atom is 0.302 e. The van der Waals surface area contributed by atoms with Gasteiger partial charge in [-0.3, -0.25) is 4.79 Å².